The lowest BCUT2D eigenvalue weighted by Crippen LogP contribution is -2.30. The summed E-state index contributed by atoms with van der Waals surface area (Å²) in [5, 5.41) is 10.6. The zero-order chi connectivity index (χ0) is 68.4. The van der Waals surface area contributed by atoms with Crippen LogP contribution in [0.4, 0.5) is 0 Å². The molecule has 19 heteroatoms. The monoisotopic (exact) mass is 1370 g/mol. The molecule has 0 amide bonds. The van der Waals surface area contributed by atoms with E-state index in [1.165, 1.54) is 205 Å². The molecule has 0 saturated carbocycles. The number of aliphatic hydroxyl groups excluding tert-OH is 1. The average Bonchev–Trinajstić information content (AvgIpc) is 2.98. The summed E-state index contributed by atoms with van der Waals surface area (Å²) in [6.45, 7) is 7.23. The minimum absolute atomic E-state index is 0.105. The summed E-state index contributed by atoms with van der Waals surface area (Å²) in [5.74, 6) is -1.26. The van der Waals surface area contributed by atoms with Crippen LogP contribution in [0.5, 0.6) is 0 Å². The number of hydrogen-bond donors (Lipinski definition) is 3. The largest absolute Gasteiger partial charge is 0.472 e. The van der Waals surface area contributed by atoms with Crippen molar-refractivity contribution in [1.82, 2.24) is 0 Å². The maximum atomic E-state index is 13.1. The van der Waals surface area contributed by atoms with Gasteiger partial charge in [-0.15, -0.1) is 0 Å². The van der Waals surface area contributed by atoms with Gasteiger partial charge < -0.3 is 33.8 Å². The minimum Gasteiger partial charge on any atom is -0.462 e. The molecule has 0 aliphatic rings. The van der Waals surface area contributed by atoms with Gasteiger partial charge >= 0.3 is 39.5 Å². The van der Waals surface area contributed by atoms with Crippen molar-refractivity contribution in [2.75, 3.05) is 39.6 Å². The van der Waals surface area contributed by atoms with Crippen molar-refractivity contribution in [2.45, 2.75) is 406 Å². The molecule has 0 aromatic heterocycles. The van der Waals surface area contributed by atoms with Crippen LogP contribution in [-0.2, 0) is 65.4 Å². The molecule has 552 valence electrons. The molecular weight excluding hydrogens is 1220 g/mol. The highest BCUT2D eigenvalue weighted by molar-refractivity contribution is 7.47. The van der Waals surface area contributed by atoms with Crippen LogP contribution in [0.3, 0.4) is 0 Å². The molecule has 0 rings (SSSR count). The molecule has 17 nitrogen and oxygen atoms in total. The standard InChI is InChI=1S/C74H144O17P2/c1-6-10-13-16-18-20-21-22-23-26-30-33-36-40-43-48-53-58-72(77)85-64-70(91-74(79)60-55-50-45-41-37-34-31-28-25-24-27-29-32-35-39-42-47-51-56-67(5)9-4)66-89-93(82,83)87-62-68(75)61-86-92(80,81)88-65-69(63-84-71(76)57-52-46-15-12-8-3)90-73(78)59-54-49-44-38-19-17-14-11-7-2/h67-70,75H,6-66H2,1-5H3,(H,80,81)(H,82,83)/t67?,68-,69+,70+/m0/s1. The van der Waals surface area contributed by atoms with Crippen LogP contribution < -0.4 is 0 Å². The molecule has 3 unspecified atom stereocenters. The van der Waals surface area contributed by atoms with Gasteiger partial charge in [-0.1, -0.05) is 336 Å². The van der Waals surface area contributed by atoms with Crippen molar-refractivity contribution in [2.24, 2.45) is 5.92 Å². The first-order valence-electron chi connectivity index (χ1n) is 38.7. The van der Waals surface area contributed by atoms with Crippen molar-refractivity contribution in [3.8, 4) is 0 Å². The van der Waals surface area contributed by atoms with E-state index in [-0.39, 0.29) is 25.7 Å². The van der Waals surface area contributed by atoms with E-state index in [9.17, 15) is 43.2 Å². The van der Waals surface area contributed by atoms with Gasteiger partial charge in [0.1, 0.15) is 19.3 Å². The molecular formula is C74H144O17P2. The Labute approximate surface area is 568 Å². The van der Waals surface area contributed by atoms with Crippen molar-refractivity contribution in [3.05, 3.63) is 0 Å². The van der Waals surface area contributed by atoms with E-state index in [0.717, 1.165) is 102 Å². The normalized spacial score (nSPS) is 14.3. The van der Waals surface area contributed by atoms with E-state index in [2.05, 4.69) is 34.6 Å². The molecule has 93 heavy (non-hydrogen) atoms. The molecule has 0 aromatic carbocycles. The van der Waals surface area contributed by atoms with E-state index >= 15 is 0 Å². The smallest absolute Gasteiger partial charge is 0.462 e. The van der Waals surface area contributed by atoms with Crippen LogP contribution in [0.2, 0.25) is 0 Å². The summed E-state index contributed by atoms with van der Waals surface area (Å²) >= 11 is 0. The van der Waals surface area contributed by atoms with Crippen molar-refractivity contribution >= 4 is 39.5 Å². The second-order valence-electron chi connectivity index (χ2n) is 26.9. The molecule has 0 bridgehead atoms. The Hall–Kier alpha value is -1.94. The Morgan fingerprint density at radius 2 is 0.516 bits per heavy atom. The van der Waals surface area contributed by atoms with Crippen molar-refractivity contribution in [3.63, 3.8) is 0 Å². The molecule has 0 fully saturated rings. The number of esters is 4. The van der Waals surface area contributed by atoms with Gasteiger partial charge in [-0.3, -0.25) is 37.3 Å². The molecule has 0 spiro atoms. The number of unbranched alkanes of at least 4 members (excludes halogenated alkanes) is 45. The summed E-state index contributed by atoms with van der Waals surface area (Å²) in [6.07, 6.45) is 56.0. The van der Waals surface area contributed by atoms with Gasteiger partial charge in [0, 0.05) is 25.7 Å². The molecule has 0 heterocycles. The molecule has 6 atom stereocenters. The quantitative estimate of drug-likeness (QED) is 0.0222. The number of carbonyl (C=O) groups excluding carboxylic acids is 4. The second kappa shape index (κ2) is 67.3. The van der Waals surface area contributed by atoms with Crippen LogP contribution in [0, 0.1) is 5.92 Å². The predicted molar refractivity (Wildman–Crippen MR) is 377 cm³/mol. The third kappa shape index (κ3) is 67.0. The van der Waals surface area contributed by atoms with Gasteiger partial charge in [0.25, 0.3) is 0 Å². The summed E-state index contributed by atoms with van der Waals surface area (Å²) in [7, 11) is -9.89. The Morgan fingerprint density at radius 3 is 0.763 bits per heavy atom. The lowest BCUT2D eigenvalue weighted by atomic mass is 9.99. The third-order valence-electron chi connectivity index (χ3n) is 17.6. The van der Waals surface area contributed by atoms with Crippen molar-refractivity contribution in [1.29, 1.82) is 0 Å². The lowest BCUT2D eigenvalue weighted by molar-refractivity contribution is -0.161. The van der Waals surface area contributed by atoms with Crippen molar-refractivity contribution < 1.29 is 80.2 Å². The van der Waals surface area contributed by atoms with Crippen LogP contribution in [0.1, 0.15) is 388 Å². The van der Waals surface area contributed by atoms with Crippen LogP contribution in [0.25, 0.3) is 0 Å². The number of aliphatic hydroxyl groups is 1. The van der Waals surface area contributed by atoms with Gasteiger partial charge in [0.15, 0.2) is 12.2 Å². The Bertz CT molecular complexity index is 1790. The summed E-state index contributed by atoms with van der Waals surface area (Å²) < 4.78 is 68.1. The molecule has 0 aliphatic carbocycles. The van der Waals surface area contributed by atoms with E-state index in [4.69, 9.17) is 37.0 Å². The topological polar surface area (TPSA) is 237 Å². The first-order valence-corrected chi connectivity index (χ1v) is 41.7. The van der Waals surface area contributed by atoms with E-state index in [1.807, 2.05) is 0 Å². The first kappa shape index (κ1) is 91.1. The highest BCUT2D eigenvalue weighted by Gasteiger charge is 2.30. The number of hydrogen-bond acceptors (Lipinski definition) is 15. The Kier molecular flexibility index (Phi) is 65.9. The molecule has 0 aliphatic heterocycles. The first-order chi connectivity index (χ1) is 45.1. The SMILES string of the molecule is CCCCCCCCCCCCCCCCCCCC(=O)OC[C@H](COP(=O)(O)OC[C@@H](O)COP(=O)(O)OC[C@@H](COC(=O)CCCCCCC)OC(=O)CCCCCCCCCCC)OC(=O)CCCCCCCCCCCCCCCCCCCCC(C)CC. The molecule has 0 saturated heterocycles. The van der Waals surface area contributed by atoms with Gasteiger partial charge in [-0.25, -0.2) is 9.13 Å². The number of rotatable bonds is 74. The van der Waals surface area contributed by atoms with Gasteiger partial charge in [-0.05, 0) is 31.6 Å². The second-order valence-corrected chi connectivity index (χ2v) is 29.8. The maximum absolute atomic E-state index is 13.1. The summed E-state index contributed by atoms with van der Waals surface area (Å²) in [4.78, 5) is 72.3. The van der Waals surface area contributed by atoms with E-state index in [1.54, 1.807) is 0 Å². The van der Waals surface area contributed by atoms with Crippen LogP contribution in [-0.4, -0.2) is 96.7 Å². The summed E-state index contributed by atoms with van der Waals surface area (Å²) in [6, 6.07) is 0. The predicted octanol–water partition coefficient (Wildman–Crippen LogP) is 21.7. The third-order valence-corrected chi connectivity index (χ3v) is 19.5. The fourth-order valence-electron chi connectivity index (χ4n) is 11.3. The Morgan fingerprint density at radius 1 is 0.301 bits per heavy atom. The van der Waals surface area contributed by atoms with Gasteiger partial charge in [0.2, 0.25) is 0 Å². The van der Waals surface area contributed by atoms with Crippen LogP contribution >= 0.6 is 15.6 Å². The van der Waals surface area contributed by atoms with Gasteiger partial charge in [0.05, 0.1) is 26.4 Å². The Balaban J connectivity index is 5.09. The number of carbonyl (C=O) groups is 4. The maximum Gasteiger partial charge on any atom is 0.472 e. The number of phosphoric acid groups is 2. The molecule has 0 aromatic rings. The number of phosphoric ester groups is 2. The fraction of sp³-hybridized carbons (Fsp3) is 0.946. The lowest BCUT2D eigenvalue weighted by Gasteiger charge is -2.21. The minimum atomic E-state index is -4.95. The number of ether oxygens (including phenoxy) is 4. The van der Waals surface area contributed by atoms with E-state index < -0.39 is 97.5 Å². The highest BCUT2D eigenvalue weighted by atomic mass is 31.2. The summed E-state index contributed by atoms with van der Waals surface area (Å²) in [5.41, 5.74) is 0. The fourth-order valence-corrected chi connectivity index (χ4v) is 12.9. The highest BCUT2D eigenvalue weighted by Crippen LogP contribution is 2.45. The zero-order valence-electron chi connectivity index (χ0n) is 60.4. The van der Waals surface area contributed by atoms with Crippen LogP contribution in [0.15, 0.2) is 0 Å². The van der Waals surface area contributed by atoms with E-state index in [0.29, 0.717) is 25.7 Å². The average molecular weight is 1370 g/mol. The van der Waals surface area contributed by atoms with Gasteiger partial charge in [-0.2, -0.15) is 0 Å². The molecule has 3 N–H and O–H groups in total. The molecule has 0 radical (unpaired) electrons. The zero-order valence-corrected chi connectivity index (χ0v) is 62.2.